The van der Waals surface area contributed by atoms with E-state index in [9.17, 15) is 4.79 Å². The molecule has 0 atom stereocenters. The summed E-state index contributed by atoms with van der Waals surface area (Å²) in [4.78, 5) is 11.2. The first kappa shape index (κ1) is 15.7. The SMILES string of the molecule is CCOC(=O)C(C)=NN=C(CCOC)COC. The van der Waals surface area contributed by atoms with E-state index in [1.807, 2.05) is 0 Å². The van der Waals surface area contributed by atoms with Crippen molar-refractivity contribution in [2.45, 2.75) is 20.3 Å². The molecular weight excluding hydrogens is 224 g/mol. The molecule has 0 aliphatic carbocycles. The Morgan fingerprint density at radius 3 is 2.41 bits per heavy atom. The van der Waals surface area contributed by atoms with Gasteiger partial charge in [-0.25, -0.2) is 4.79 Å². The fourth-order valence-corrected chi connectivity index (χ4v) is 0.960. The van der Waals surface area contributed by atoms with E-state index in [0.717, 1.165) is 5.71 Å². The van der Waals surface area contributed by atoms with Gasteiger partial charge in [-0.2, -0.15) is 5.10 Å². The normalized spacial score (nSPS) is 12.7. The second-order valence-electron chi connectivity index (χ2n) is 3.25. The van der Waals surface area contributed by atoms with E-state index in [-0.39, 0.29) is 5.71 Å². The molecule has 17 heavy (non-hydrogen) atoms. The Labute approximate surface area is 102 Å². The molecule has 6 heteroatoms. The lowest BCUT2D eigenvalue weighted by molar-refractivity contribution is -0.135. The zero-order valence-corrected chi connectivity index (χ0v) is 10.9. The summed E-state index contributed by atoms with van der Waals surface area (Å²) in [5.41, 5.74) is 0.941. The predicted molar refractivity (Wildman–Crippen MR) is 65.5 cm³/mol. The van der Waals surface area contributed by atoms with Gasteiger partial charge >= 0.3 is 5.97 Å². The first-order valence-corrected chi connectivity index (χ1v) is 5.40. The summed E-state index contributed by atoms with van der Waals surface area (Å²) < 4.78 is 14.7. The number of rotatable bonds is 8. The van der Waals surface area contributed by atoms with Gasteiger partial charge in [0.05, 0.1) is 25.5 Å². The summed E-state index contributed by atoms with van der Waals surface area (Å²) in [5, 5.41) is 7.76. The number of methoxy groups -OCH3 is 2. The maximum atomic E-state index is 11.2. The Hall–Kier alpha value is -1.27. The van der Waals surface area contributed by atoms with Crippen molar-refractivity contribution in [3.05, 3.63) is 0 Å². The van der Waals surface area contributed by atoms with E-state index >= 15 is 0 Å². The van der Waals surface area contributed by atoms with Crippen molar-refractivity contribution < 1.29 is 19.0 Å². The molecule has 98 valence electrons. The van der Waals surface area contributed by atoms with E-state index in [2.05, 4.69) is 10.2 Å². The van der Waals surface area contributed by atoms with E-state index in [1.165, 1.54) is 0 Å². The van der Waals surface area contributed by atoms with Crippen molar-refractivity contribution in [2.24, 2.45) is 10.2 Å². The van der Waals surface area contributed by atoms with E-state index in [0.29, 0.717) is 26.2 Å². The predicted octanol–water partition coefficient (Wildman–Crippen LogP) is 1.05. The van der Waals surface area contributed by atoms with Crippen LogP contribution in [-0.4, -0.2) is 51.4 Å². The molecule has 0 aromatic rings. The zero-order valence-electron chi connectivity index (χ0n) is 10.9. The van der Waals surface area contributed by atoms with Crippen LogP contribution >= 0.6 is 0 Å². The van der Waals surface area contributed by atoms with E-state index in [4.69, 9.17) is 14.2 Å². The standard InChI is InChI=1S/C11H20N2O4/c1-5-17-11(14)9(2)12-13-10(8-16-4)6-7-15-3/h5-8H2,1-4H3. The number of hydrogen-bond acceptors (Lipinski definition) is 6. The highest BCUT2D eigenvalue weighted by atomic mass is 16.5. The maximum Gasteiger partial charge on any atom is 0.354 e. The Morgan fingerprint density at radius 1 is 1.18 bits per heavy atom. The van der Waals surface area contributed by atoms with Gasteiger partial charge in [0.15, 0.2) is 0 Å². The van der Waals surface area contributed by atoms with Crippen LogP contribution in [0.4, 0.5) is 0 Å². The van der Waals surface area contributed by atoms with Crippen LogP contribution in [0.2, 0.25) is 0 Å². The Bertz CT molecular complexity index is 287. The number of nitrogens with zero attached hydrogens (tertiary/aromatic N) is 2. The molecule has 0 saturated carbocycles. The van der Waals surface area contributed by atoms with Gasteiger partial charge in [-0.3, -0.25) is 0 Å². The minimum atomic E-state index is -0.459. The Kier molecular flexibility index (Phi) is 9.18. The summed E-state index contributed by atoms with van der Waals surface area (Å²) >= 11 is 0. The number of esters is 1. The van der Waals surface area contributed by atoms with Crippen LogP contribution in [0.15, 0.2) is 10.2 Å². The molecule has 0 unspecified atom stereocenters. The molecule has 0 radical (unpaired) electrons. The van der Waals surface area contributed by atoms with Crippen molar-refractivity contribution in [3.8, 4) is 0 Å². The van der Waals surface area contributed by atoms with Crippen LogP contribution in [0.3, 0.4) is 0 Å². The van der Waals surface area contributed by atoms with Crippen molar-refractivity contribution in [1.29, 1.82) is 0 Å². The smallest absolute Gasteiger partial charge is 0.354 e. The third-order valence-electron chi connectivity index (χ3n) is 1.82. The van der Waals surface area contributed by atoms with Gasteiger partial charge in [0, 0.05) is 20.6 Å². The average Bonchev–Trinajstić information content (AvgIpc) is 2.32. The average molecular weight is 244 g/mol. The van der Waals surface area contributed by atoms with Gasteiger partial charge in [0.2, 0.25) is 0 Å². The summed E-state index contributed by atoms with van der Waals surface area (Å²) in [5.74, 6) is -0.459. The molecule has 0 amide bonds. The molecular formula is C11H20N2O4. The van der Waals surface area contributed by atoms with Gasteiger partial charge in [0.25, 0.3) is 0 Å². The Morgan fingerprint density at radius 2 is 1.88 bits per heavy atom. The van der Waals surface area contributed by atoms with Gasteiger partial charge in [0.1, 0.15) is 5.71 Å². The molecule has 0 rings (SSSR count). The summed E-state index contributed by atoms with van der Waals surface area (Å²) in [6.07, 6.45) is 0.615. The van der Waals surface area contributed by atoms with Crippen LogP contribution in [0.5, 0.6) is 0 Å². The third-order valence-corrected chi connectivity index (χ3v) is 1.82. The molecule has 0 aromatic heterocycles. The lowest BCUT2D eigenvalue weighted by Gasteiger charge is -2.03. The second kappa shape index (κ2) is 9.92. The molecule has 6 nitrogen and oxygen atoms in total. The zero-order chi connectivity index (χ0) is 13.1. The number of hydrogen-bond donors (Lipinski definition) is 0. The summed E-state index contributed by atoms with van der Waals surface area (Å²) in [6.45, 7) is 4.52. The third kappa shape index (κ3) is 7.59. The summed E-state index contributed by atoms with van der Waals surface area (Å²) in [7, 11) is 3.18. The molecule has 0 fully saturated rings. The summed E-state index contributed by atoms with van der Waals surface area (Å²) in [6, 6.07) is 0. The molecule has 0 aliphatic rings. The highest BCUT2D eigenvalue weighted by Gasteiger charge is 2.06. The van der Waals surface area contributed by atoms with Crippen LogP contribution in [0.1, 0.15) is 20.3 Å². The fourth-order valence-electron chi connectivity index (χ4n) is 0.960. The first-order valence-electron chi connectivity index (χ1n) is 5.40. The minimum Gasteiger partial charge on any atom is -0.461 e. The van der Waals surface area contributed by atoms with E-state index in [1.54, 1.807) is 28.1 Å². The van der Waals surface area contributed by atoms with Crippen LogP contribution in [0, 0.1) is 0 Å². The van der Waals surface area contributed by atoms with Gasteiger partial charge in [-0.1, -0.05) is 0 Å². The quantitative estimate of drug-likeness (QED) is 0.363. The largest absolute Gasteiger partial charge is 0.461 e. The highest BCUT2D eigenvalue weighted by molar-refractivity contribution is 6.35. The van der Waals surface area contributed by atoms with Gasteiger partial charge in [-0.05, 0) is 13.8 Å². The van der Waals surface area contributed by atoms with Crippen molar-refractivity contribution >= 4 is 17.4 Å². The molecule has 0 bridgehead atoms. The molecule has 0 N–H and O–H groups in total. The van der Waals surface area contributed by atoms with Crippen LogP contribution < -0.4 is 0 Å². The van der Waals surface area contributed by atoms with Gasteiger partial charge in [-0.15, -0.1) is 5.10 Å². The number of carbonyl (C=O) groups is 1. The van der Waals surface area contributed by atoms with E-state index < -0.39 is 5.97 Å². The topological polar surface area (TPSA) is 69.5 Å². The molecule has 0 saturated heterocycles. The first-order chi connectivity index (χ1) is 8.15. The van der Waals surface area contributed by atoms with Crippen molar-refractivity contribution in [1.82, 2.24) is 0 Å². The monoisotopic (exact) mass is 244 g/mol. The maximum absolute atomic E-state index is 11.2. The number of carbonyl (C=O) groups excluding carboxylic acids is 1. The van der Waals surface area contributed by atoms with Crippen LogP contribution in [-0.2, 0) is 19.0 Å². The second-order valence-corrected chi connectivity index (χ2v) is 3.25. The molecule has 0 aromatic carbocycles. The van der Waals surface area contributed by atoms with Crippen molar-refractivity contribution in [3.63, 3.8) is 0 Å². The van der Waals surface area contributed by atoms with Crippen molar-refractivity contribution in [2.75, 3.05) is 34.0 Å². The Balaban J connectivity index is 4.47. The molecule has 0 aliphatic heterocycles. The molecule has 0 heterocycles. The van der Waals surface area contributed by atoms with Crippen LogP contribution in [0.25, 0.3) is 0 Å². The highest BCUT2D eigenvalue weighted by Crippen LogP contribution is 1.93. The lowest BCUT2D eigenvalue weighted by atomic mass is 10.3. The van der Waals surface area contributed by atoms with Gasteiger partial charge < -0.3 is 14.2 Å². The lowest BCUT2D eigenvalue weighted by Crippen LogP contribution is -2.15. The number of ether oxygens (including phenoxy) is 3. The molecule has 0 spiro atoms. The minimum absolute atomic E-state index is 0.220. The fraction of sp³-hybridized carbons (Fsp3) is 0.727.